The lowest BCUT2D eigenvalue weighted by Crippen LogP contribution is -2.49. The summed E-state index contributed by atoms with van der Waals surface area (Å²) in [7, 11) is 0. The number of nitrogens with one attached hydrogen (secondary N) is 1. The van der Waals surface area contributed by atoms with Gasteiger partial charge in [-0.2, -0.15) is 0 Å². The van der Waals surface area contributed by atoms with Crippen molar-refractivity contribution in [2.45, 2.75) is 53.0 Å². The quantitative estimate of drug-likeness (QED) is 0.149. The number of carbonyl (C=O) groups excluding carboxylic acids is 5. The molecule has 0 unspecified atom stereocenters. The SMILES string of the molecule is CCOC(=O)c1c(NC(=O)COC(=O)[C@@H](C(C)C)N2C(=O)c3c(Cl)c(Cl)c(Cl)c(Cl)c3C2=O)sc2c1CC[C@H](C)C2. The Labute approximate surface area is 260 Å². The van der Waals surface area contributed by atoms with Gasteiger partial charge in [-0.15, -0.1) is 11.3 Å². The highest BCUT2D eigenvalue weighted by Gasteiger charge is 2.48. The van der Waals surface area contributed by atoms with E-state index in [0.29, 0.717) is 27.8 Å². The van der Waals surface area contributed by atoms with Gasteiger partial charge in [-0.05, 0) is 43.6 Å². The summed E-state index contributed by atoms with van der Waals surface area (Å²) < 4.78 is 10.5. The number of esters is 2. The number of thiophene rings is 1. The maximum atomic E-state index is 13.3. The zero-order valence-corrected chi connectivity index (χ0v) is 26.3. The Hall–Kier alpha value is -2.37. The molecule has 0 fully saturated rings. The zero-order chi connectivity index (χ0) is 30.3. The molecule has 1 N–H and O–H groups in total. The van der Waals surface area contributed by atoms with Crippen LogP contribution in [0.3, 0.4) is 0 Å². The normalized spacial score (nSPS) is 16.9. The highest BCUT2D eigenvalue weighted by atomic mass is 35.5. The van der Waals surface area contributed by atoms with Crippen molar-refractivity contribution < 1.29 is 33.4 Å². The van der Waals surface area contributed by atoms with Gasteiger partial charge in [-0.3, -0.25) is 19.3 Å². The predicted octanol–water partition coefficient (Wildman–Crippen LogP) is 6.47. The lowest BCUT2D eigenvalue weighted by atomic mass is 9.88. The fourth-order valence-corrected chi connectivity index (χ4v) is 7.37. The number of hydrogen-bond acceptors (Lipinski definition) is 8. The molecule has 220 valence electrons. The van der Waals surface area contributed by atoms with Crippen molar-refractivity contribution in [1.29, 1.82) is 0 Å². The summed E-state index contributed by atoms with van der Waals surface area (Å²) >= 11 is 25.9. The van der Waals surface area contributed by atoms with Crippen molar-refractivity contribution in [2.75, 3.05) is 18.5 Å². The number of anilines is 1. The van der Waals surface area contributed by atoms with E-state index < -0.39 is 48.2 Å². The first-order valence-electron chi connectivity index (χ1n) is 12.8. The van der Waals surface area contributed by atoms with Gasteiger partial charge in [0, 0.05) is 4.88 Å². The van der Waals surface area contributed by atoms with Gasteiger partial charge in [0.15, 0.2) is 6.61 Å². The van der Waals surface area contributed by atoms with Gasteiger partial charge >= 0.3 is 11.9 Å². The first kappa shape index (κ1) is 31.6. The monoisotopic (exact) mass is 662 g/mol. The minimum Gasteiger partial charge on any atom is -0.462 e. The van der Waals surface area contributed by atoms with Crippen molar-refractivity contribution in [2.24, 2.45) is 11.8 Å². The zero-order valence-electron chi connectivity index (χ0n) is 22.5. The van der Waals surface area contributed by atoms with Gasteiger partial charge in [0.1, 0.15) is 11.0 Å². The number of benzene rings is 1. The standard InChI is InChI=1S/C27H26Cl4N2O7S/c1-5-39-26(37)15-12-7-6-11(4)8-13(12)41-23(15)32-14(34)9-40-27(38)22(10(2)3)33-24(35)16-17(25(33)36)19(29)21(31)20(30)18(16)28/h10-11,22H,5-9H2,1-4H3,(H,32,34)/t11-,22+/m0/s1. The minimum absolute atomic E-state index is 0.175. The molecule has 9 nitrogen and oxygen atoms in total. The van der Waals surface area contributed by atoms with E-state index in [-0.39, 0.29) is 37.8 Å². The number of carbonyl (C=O) groups is 5. The van der Waals surface area contributed by atoms with E-state index in [9.17, 15) is 24.0 Å². The number of rotatable bonds is 8. The van der Waals surface area contributed by atoms with E-state index in [1.807, 2.05) is 0 Å². The first-order chi connectivity index (χ1) is 19.3. The molecule has 4 rings (SSSR count). The molecule has 2 heterocycles. The molecule has 1 aliphatic heterocycles. The van der Waals surface area contributed by atoms with Gasteiger partial charge in [0.2, 0.25) is 0 Å². The Kier molecular flexibility index (Phi) is 9.60. The molecule has 0 saturated heterocycles. The van der Waals surface area contributed by atoms with Crippen LogP contribution in [0.5, 0.6) is 0 Å². The van der Waals surface area contributed by atoms with Crippen molar-refractivity contribution in [3.05, 3.63) is 47.2 Å². The molecule has 1 aromatic carbocycles. The second-order valence-electron chi connectivity index (χ2n) is 10.1. The van der Waals surface area contributed by atoms with E-state index in [4.69, 9.17) is 55.9 Å². The maximum Gasteiger partial charge on any atom is 0.341 e. The third kappa shape index (κ3) is 5.82. The average molecular weight is 664 g/mol. The lowest BCUT2D eigenvalue weighted by molar-refractivity contribution is -0.152. The van der Waals surface area contributed by atoms with Crippen molar-refractivity contribution in [1.82, 2.24) is 4.90 Å². The van der Waals surface area contributed by atoms with Crippen LogP contribution >= 0.6 is 57.7 Å². The van der Waals surface area contributed by atoms with Crippen LogP contribution in [0.4, 0.5) is 5.00 Å². The van der Waals surface area contributed by atoms with Crippen LogP contribution in [0.25, 0.3) is 0 Å². The molecule has 41 heavy (non-hydrogen) atoms. The third-order valence-electron chi connectivity index (χ3n) is 6.87. The van der Waals surface area contributed by atoms with Crippen LogP contribution in [0.1, 0.15) is 75.6 Å². The molecule has 14 heteroatoms. The molecular formula is C27H26Cl4N2O7S. The van der Waals surface area contributed by atoms with E-state index in [0.717, 1.165) is 23.3 Å². The fourth-order valence-electron chi connectivity index (χ4n) is 4.94. The summed E-state index contributed by atoms with van der Waals surface area (Å²) in [6, 6.07) is -1.41. The molecular weight excluding hydrogens is 638 g/mol. The number of halogens is 4. The van der Waals surface area contributed by atoms with E-state index in [1.165, 1.54) is 11.3 Å². The van der Waals surface area contributed by atoms with Gasteiger partial charge in [0.25, 0.3) is 17.7 Å². The molecule has 2 aromatic rings. The van der Waals surface area contributed by atoms with Gasteiger partial charge in [-0.25, -0.2) is 9.59 Å². The molecule has 1 aromatic heterocycles. The summed E-state index contributed by atoms with van der Waals surface area (Å²) in [5.74, 6) is -4.20. The molecule has 1 aliphatic carbocycles. The molecule has 3 amide bonds. The van der Waals surface area contributed by atoms with Crippen LogP contribution in [0, 0.1) is 11.8 Å². The topological polar surface area (TPSA) is 119 Å². The Morgan fingerprint density at radius 3 is 2.12 bits per heavy atom. The molecule has 0 radical (unpaired) electrons. The smallest absolute Gasteiger partial charge is 0.341 e. The number of nitrogens with zero attached hydrogens (tertiary/aromatic N) is 1. The molecule has 2 aliphatic rings. The largest absolute Gasteiger partial charge is 0.462 e. The van der Waals surface area contributed by atoms with Crippen LogP contribution in [-0.2, 0) is 31.9 Å². The number of imide groups is 1. The summed E-state index contributed by atoms with van der Waals surface area (Å²) in [5, 5.41) is 2.05. The van der Waals surface area contributed by atoms with Crippen LogP contribution < -0.4 is 5.32 Å². The fraction of sp³-hybridized carbons (Fsp3) is 0.444. The highest BCUT2D eigenvalue weighted by Crippen LogP contribution is 2.46. The van der Waals surface area contributed by atoms with Crippen molar-refractivity contribution >= 4 is 92.4 Å². The summed E-state index contributed by atoms with van der Waals surface area (Å²) in [4.78, 5) is 67.0. The number of ether oxygens (including phenoxy) is 2. The minimum atomic E-state index is -1.41. The van der Waals surface area contributed by atoms with Gasteiger partial charge < -0.3 is 14.8 Å². The van der Waals surface area contributed by atoms with E-state index in [2.05, 4.69) is 12.2 Å². The van der Waals surface area contributed by atoms with E-state index in [1.54, 1.807) is 20.8 Å². The molecule has 0 bridgehead atoms. The Morgan fingerprint density at radius 1 is 1.00 bits per heavy atom. The van der Waals surface area contributed by atoms with Crippen LogP contribution in [0.2, 0.25) is 20.1 Å². The average Bonchev–Trinajstić information content (AvgIpc) is 3.38. The second kappa shape index (κ2) is 12.5. The molecule has 0 saturated carbocycles. The predicted molar refractivity (Wildman–Crippen MR) is 157 cm³/mol. The Morgan fingerprint density at radius 2 is 1.59 bits per heavy atom. The summed E-state index contributed by atoms with van der Waals surface area (Å²) in [6.45, 7) is 6.46. The lowest BCUT2D eigenvalue weighted by Gasteiger charge is -2.27. The number of amides is 3. The van der Waals surface area contributed by atoms with Crippen molar-refractivity contribution in [3.8, 4) is 0 Å². The maximum absolute atomic E-state index is 13.3. The Balaban J connectivity index is 1.52. The van der Waals surface area contributed by atoms with Gasteiger partial charge in [-0.1, -0.05) is 67.2 Å². The molecule has 2 atom stereocenters. The first-order valence-corrected chi connectivity index (χ1v) is 15.1. The summed E-state index contributed by atoms with van der Waals surface area (Å²) in [6.07, 6.45) is 2.37. The van der Waals surface area contributed by atoms with E-state index >= 15 is 0 Å². The van der Waals surface area contributed by atoms with Crippen molar-refractivity contribution in [3.63, 3.8) is 0 Å². The third-order valence-corrected chi connectivity index (χ3v) is 9.85. The molecule has 0 spiro atoms. The van der Waals surface area contributed by atoms with Gasteiger partial charge in [0.05, 0.1) is 43.4 Å². The van der Waals surface area contributed by atoms with Crippen LogP contribution in [0.15, 0.2) is 0 Å². The summed E-state index contributed by atoms with van der Waals surface area (Å²) in [5.41, 5.74) is 0.641. The van der Waals surface area contributed by atoms with Crippen LogP contribution in [-0.4, -0.2) is 53.8 Å². The number of fused-ring (bicyclic) bond motifs is 2. The number of hydrogen-bond donors (Lipinski definition) is 1. The Bertz CT molecular complexity index is 1430. The second-order valence-corrected chi connectivity index (χ2v) is 12.7. The highest BCUT2D eigenvalue weighted by molar-refractivity contribution is 7.17.